The van der Waals surface area contributed by atoms with Gasteiger partial charge in [-0.15, -0.1) is 0 Å². The summed E-state index contributed by atoms with van der Waals surface area (Å²) in [6.45, 7) is 4.87. The van der Waals surface area contributed by atoms with Crippen molar-refractivity contribution in [2.45, 2.75) is 104 Å². The zero-order chi connectivity index (χ0) is 23.9. The van der Waals surface area contributed by atoms with Gasteiger partial charge in [0.15, 0.2) is 11.5 Å². The first-order valence-electron chi connectivity index (χ1n) is 14.3. The quantitative estimate of drug-likeness (QED) is 0.335. The van der Waals surface area contributed by atoms with Crippen molar-refractivity contribution in [2.75, 3.05) is 13.2 Å². The fourth-order valence-electron chi connectivity index (χ4n) is 7.27. The van der Waals surface area contributed by atoms with E-state index in [4.69, 9.17) is 9.47 Å². The van der Waals surface area contributed by atoms with Gasteiger partial charge in [0.1, 0.15) is 0 Å². The molecule has 4 heteroatoms. The minimum atomic E-state index is -0.953. The maximum atomic E-state index is 14.3. The van der Waals surface area contributed by atoms with E-state index >= 15 is 0 Å². The maximum absolute atomic E-state index is 14.3. The molecule has 34 heavy (non-hydrogen) atoms. The second kappa shape index (κ2) is 12.6. The molecule has 0 aromatic heterocycles. The number of hydrogen-bond donors (Lipinski definition) is 0. The van der Waals surface area contributed by atoms with Gasteiger partial charge in [-0.2, -0.15) is 8.78 Å². The molecule has 2 nitrogen and oxygen atoms in total. The van der Waals surface area contributed by atoms with Crippen molar-refractivity contribution in [1.82, 2.24) is 0 Å². The van der Waals surface area contributed by atoms with Crippen LogP contribution in [0.15, 0.2) is 12.1 Å². The summed E-state index contributed by atoms with van der Waals surface area (Å²) in [5.41, 5.74) is 0. The van der Waals surface area contributed by atoms with Crippen LogP contribution in [-0.2, 0) is 0 Å². The Hall–Kier alpha value is -1.32. The van der Waals surface area contributed by atoms with Crippen molar-refractivity contribution < 1.29 is 18.3 Å². The van der Waals surface area contributed by atoms with Crippen LogP contribution < -0.4 is 9.47 Å². The molecule has 0 saturated heterocycles. The van der Waals surface area contributed by atoms with E-state index in [1.807, 2.05) is 0 Å². The van der Waals surface area contributed by atoms with Crippen LogP contribution in [0.5, 0.6) is 11.5 Å². The first-order valence-corrected chi connectivity index (χ1v) is 14.3. The van der Waals surface area contributed by atoms with E-state index in [1.54, 1.807) is 6.92 Å². The van der Waals surface area contributed by atoms with Crippen molar-refractivity contribution in [3.8, 4) is 11.5 Å². The molecule has 4 unspecified atom stereocenters. The van der Waals surface area contributed by atoms with E-state index in [0.29, 0.717) is 19.1 Å². The van der Waals surface area contributed by atoms with E-state index in [2.05, 4.69) is 6.92 Å². The fraction of sp³-hybridized carbons (Fsp3) is 0.800. The highest BCUT2D eigenvalue weighted by atomic mass is 19.2. The van der Waals surface area contributed by atoms with Crippen molar-refractivity contribution >= 4 is 0 Å². The second-order valence-electron chi connectivity index (χ2n) is 11.6. The predicted octanol–water partition coefficient (Wildman–Crippen LogP) is 8.96. The molecule has 3 aliphatic rings. The number of ether oxygens (including phenoxy) is 2. The third-order valence-corrected chi connectivity index (χ3v) is 9.26. The Morgan fingerprint density at radius 3 is 1.74 bits per heavy atom. The molecule has 0 amide bonds. The topological polar surface area (TPSA) is 18.5 Å². The van der Waals surface area contributed by atoms with Crippen LogP contribution in [0.4, 0.5) is 8.78 Å². The Morgan fingerprint density at radius 1 is 0.647 bits per heavy atom. The molecule has 0 radical (unpaired) electrons. The molecule has 3 fully saturated rings. The lowest BCUT2D eigenvalue weighted by Gasteiger charge is -2.42. The average molecular weight is 477 g/mol. The van der Waals surface area contributed by atoms with Crippen molar-refractivity contribution in [3.05, 3.63) is 23.8 Å². The highest BCUT2D eigenvalue weighted by Crippen LogP contribution is 2.47. The molecule has 0 spiro atoms. The van der Waals surface area contributed by atoms with Gasteiger partial charge in [0.05, 0.1) is 13.2 Å². The molecule has 1 aromatic rings. The molecule has 1 aromatic carbocycles. The van der Waals surface area contributed by atoms with Crippen molar-refractivity contribution in [2.24, 2.45) is 35.5 Å². The normalized spacial score (nSPS) is 31.6. The molecule has 3 aliphatic carbocycles. The Labute approximate surface area is 206 Å². The Balaban J connectivity index is 1.13. The zero-order valence-corrected chi connectivity index (χ0v) is 21.5. The van der Waals surface area contributed by atoms with Gasteiger partial charge in [-0.1, -0.05) is 58.3 Å². The van der Waals surface area contributed by atoms with Crippen LogP contribution in [0.1, 0.15) is 104 Å². The Kier molecular flexibility index (Phi) is 9.53. The van der Waals surface area contributed by atoms with Gasteiger partial charge in [-0.3, -0.25) is 0 Å². The Bertz CT molecular complexity index is 758. The largest absolute Gasteiger partial charge is 0.491 e. The van der Waals surface area contributed by atoms with Gasteiger partial charge in [0.25, 0.3) is 0 Å². The smallest absolute Gasteiger partial charge is 0.204 e. The predicted molar refractivity (Wildman–Crippen MR) is 134 cm³/mol. The Morgan fingerprint density at radius 2 is 1.15 bits per heavy atom. The molecule has 4 rings (SSSR count). The molecule has 3 saturated carbocycles. The molecule has 0 N–H and O–H groups in total. The second-order valence-corrected chi connectivity index (χ2v) is 11.6. The summed E-state index contributed by atoms with van der Waals surface area (Å²) >= 11 is 0. The van der Waals surface area contributed by atoms with Gasteiger partial charge in [0, 0.05) is 0 Å². The van der Waals surface area contributed by atoms with E-state index in [-0.39, 0.29) is 11.5 Å². The fourth-order valence-corrected chi connectivity index (χ4v) is 7.27. The molecule has 0 aliphatic heterocycles. The number of rotatable bonds is 10. The third kappa shape index (κ3) is 6.66. The SMILES string of the molecule is CCCC1CCC2CC(CCC3CCC(COc4ccc(OCC)c(F)c4F)CC3)CCC2C1. The number of halogens is 2. The van der Waals surface area contributed by atoms with Gasteiger partial charge in [-0.25, -0.2) is 0 Å². The molecular weight excluding hydrogens is 430 g/mol. The van der Waals surface area contributed by atoms with Crippen LogP contribution >= 0.6 is 0 Å². The zero-order valence-electron chi connectivity index (χ0n) is 21.5. The van der Waals surface area contributed by atoms with E-state index < -0.39 is 11.6 Å². The molecule has 0 heterocycles. The molecule has 4 atom stereocenters. The third-order valence-electron chi connectivity index (χ3n) is 9.26. The summed E-state index contributed by atoms with van der Waals surface area (Å²) in [5.74, 6) is 3.38. The molecule has 0 bridgehead atoms. The monoisotopic (exact) mass is 476 g/mol. The molecule has 192 valence electrons. The maximum Gasteiger partial charge on any atom is 0.204 e. The van der Waals surface area contributed by atoms with Crippen LogP contribution in [0, 0.1) is 47.1 Å². The lowest BCUT2D eigenvalue weighted by atomic mass is 9.63. The average Bonchev–Trinajstić information content (AvgIpc) is 2.86. The summed E-state index contributed by atoms with van der Waals surface area (Å²) in [7, 11) is 0. The number of hydrogen-bond acceptors (Lipinski definition) is 2. The summed E-state index contributed by atoms with van der Waals surface area (Å²) < 4.78 is 39.1. The lowest BCUT2D eigenvalue weighted by molar-refractivity contribution is 0.0873. The highest BCUT2D eigenvalue weighted by molar-refractivity contribution is 5.35. The minimum Gasteiger partial charge on any atom is -0.491 e. The summed E-state index contributed by atoms with van der Waals surface area (Å²) in [6, 6.07) is 2.94. The molecular formula is C30H46F2O2. The van der Waals surface area contributed by atoms with Crippen LogP contribution in [0.25, 0.3) is 0 Å². The first kappa shape index (κ1) is 25.8. The van der Waals surface area contributed by atoms with Gasteiger partial charge >= 0.3 is 0 Å². The number of fused-ring (bicyclic) bond motifs is 1. The van der Waals surface area contributed by atoms with Gasteiger partial charge < -0.3 is 9.47 Å². The summed E-state index contributed by atoms with van der Waals surface area (Å²) in [4.78, 5) is 0. The van der Waals surface area contributed by atoms with E-state index in [0.717, 1.165) is 42.4 Å². The standard InChI is InChI=1S/C30H46F2O2/c1-3-5-22-12-14-26-19-23(13-15-25(26)18-22)9-6-21-7-10-24(11-8-21)20-34-28-17-16-27(33-4-2)29(31)30(28)32/h16-17,21-26H,3-15,18-20H2,1-2H3. The van der Waals surface area contributed by atoms with Gasteiger partial charge in [-0.05, 0) is 93.1 Å². The summed E-state index contributed by atoms with van der Waals surface area (Å²) in [5, 5.41) is 0. The minimum absolute atomic E-state index is 0.00223. The lowest BCUT2D eigenvalue weighted by Crippen LogP contribution is -2.31. The van der Waals surface area contributed by atoms with Crippen molar-refractivity contribution in [3.63, 3.8) is 0 Å². The van der Waals surface area contributed by atoms with E-state index in [1.165, 1.54) is 89.2 Å². The number of benzene rings is 1. The van der Waals surface area contributed by atoms with Crippen LogP contribution in [0.2, 0.25) is 0 Å². The van der Waals surface area contributed by atoms with E-state index in [9.17, 15) is 8.78 Å². The first-order chi connectivity index (χ1) is 16.6. The van der Waals surface area contributed by atoms with Crippen molar-refractivity contribution in [1.29, 1.82) is 0 Å². The highest BCUT2D eigenvalue weighted by Gasteiger charge is 2.35. The van der Waals surface area contributed by atoms with Crippen LogP contribution in [-0.4, -0.2) is 13.2 Å². The summed E-state index contributed by atoms with van der Waals surface area (Å²) in [6.07, 6.45) is 19.4. The van der Waals surface area contributed by atoms with Crippen LogP contribution in [0.3, 0.4) is 0 Å². The van der Waals surface area contributed by atoms with Gasteiger partial charge in [0.2, 0.25) is 11.6 Å².